The van der Waals surface area contributed by atoms with Crippen LogP contribution < -0.4 is 4.90 Å². The van der Waals surface area contributed by atoms with Crippen molar-refractivity contribution in [2.75, 3.05) is 11.4 Å². The van der Waals surface area contributed by atoms with E-state index in [0.717, 1.165) is 10.8 Å². The smallest absolute Gasteiger partial charge is 0.301 e. The summed E-state index contributed by atoms with van der Waals surface area (Å²) in [5, 5.41) is 1.64. The van der Waals surface area contributed by atoms with Crippen LogP contribution in [-0.2, 0) is 4.79 Å². The molecule has 0 atom stereocenters. The van der Waals surface area contributed by atoms with E-state index in [2.05, 4.69) is 9.97 Å². The van der Waals surface area contributed by atoms with Crippen molar-refractivity contribution in [3.05, 3.63) is 66.7 Å². The first-order valence-corrected chi connectivity index (χ1v) is 11.5. The topological polar surface area (TPSA) is 83.5 Å². The number of ketones is 1. The summed E-state index contributed by atoms with van der Waals surface area (Å²) in [6.07, 6.45) is 9.69. The molecule has 1 aliphatic heterocycles. The minimum Gasteiger partial charge on any atom is -0.301 e. The first-order chi connectivity index (χ1) is 16.1. The summed E-state index contributed by atoms with van der Waals surface area (Å²) in [6, 6.07) is 12.3. The SMILES string of the molecule is O=C(CN1C(=O)N(c2cncc3ccccc23)C(=O)C12CC(C1CCC1)C2)c1ccccn1. The summed E-state index contributed by atoms with van der Waals surface area (Å²) in [5.41, 5.74) is -0.186. The van der Waals surface area contributed by atoms with Gasteiger partial charge in [0.2, 0.25) is 5.78 Å². The van der Waals surface area contributed by atoms with Gasteiger partial charge in [-0.15, -0.1) is 0 Å². The number of carbonyl (C=O) groups excluding carboxylic acids is 3. The van der Waals surface area contributed by atoms with Crippen LogP contribution in [-0.4, -0.2) is 44.7 Å². The molecule has 2 aromatic heterocycles. The second kappa shape index (κ2) is 7.47. The molecule has 0 unspecified atom stereocenters. The van der Waals surface area contributed by atoms with Crippen molar-refractivity contribution in [3.8, 4) is 0 Å². The van der Waals surface area contributed by atoms with E-state index in [4.69, 9.17) is 0 Å². The van der Waals surface area contributed by atoms with Crippen LogP contribution in [0.5, 0.6) is 0 Å². The predicted octanol–water partition coefficient (Wildman–Crippen LogP) is 4.23. The standard InChI is InChI=1S/C26H24N4O3/c31-23(21-10-3-4-11-28-21)16-29-25(33)30(22-15-27-14-18-6-1-2-9-20(18)22)24(32)26(29)12-19(13-26)17-7-5-8-17/h1-4,6,9-11,14-15,17,19H,5,7-8,12-13,16H2. The molecule has 1 aromatic carbocycles. The number of pyridine rings is 2. The number of rotatable bonds is 5. The van der Waals surface area contributed by atoms with Crippen LogP contribution in [0.15, 0.2) is 61.1 Å². The monoisotopic (exact) mass is 440 g/mol. The lowest BCUT2D eigenvalue weighted by Crippen LogP contribution is -2.61. The van der Waals surface area contributed by atoms with Crippen molar-refractivity contribution in [1.29, 1.82) is 0 Å². The number of aromatic nitrogens is 2. The molecular weight excluding hydrogens is 416 g/mol. The van der Waals surface area contributed by atoms with Crippen LogP contribution in [0, 0.1) is 11.8 Å². The molecule has 2 saturated carbocycles. The van der Waals surface area contributed by atoms with E-state index < -0.39 is 11.6 Å². The molecule has 3 aromatic rings. The van der Waals surface area contributed by atoms with Gasteiger partial charge in [-0.05, 0) is 36.8 Å². The van der Waals surface area contributed by atoms with E-state index in [9.17, 15) is 14.4 Å². The number of anilines is 1. The normalized spacial score (nSPS) is 24.9. The zero-order valence-corrected chi connectivity index (χ0v) is 18.2. The maximum Gasteiger partial charge on any atom is 0.332 e. The Balaban J connectivity index is 1.38. The Morgan fingerprint density at radius 2 is 1.79 bits per heavy atom. The van der Waals surface area contributed by atoms with Gasteiger partial charge >= 0.3 is 6.03 Å². The molecule has 3 aliphatic rings. The average Bonchev–Trinajstić information content (AvgIpc) is 2.99. The molecule has 1 saturated heterocycles. The largest absolute Gasteiger partial charge is 0.332 e. The maximum atomic E-state index is 13.9. The van der Waals surface area contributed by atoms with Crippen molar-refractivity contribution < 1.29 is 14.4 Å². The molecular formula is C26H24N4O3. The number of fused-ring (bicyclic) bond motifs is 1. The second-order valence-electron chi connectivity index (χ2n) is 9.42. The lowest BCUT2D eigenvalue weighted by Gasteiger charge is -2.52. The summed E-state index contributed by atoms with van der Waals surface area (Å²) < 4.78 is 0. The fraction of sp³-hybridized carbons (Fsp3) is 0.346. The van der Waals surface area contributed by atoms with E-state index in [0.29, 0.717) is 36.1 Å². The van der Waals surface area contributed by atoms with Gasteiger partial charge in [0.25, 0.3) is 5.91 Å². The third-order valence-corrected chi connectivity index (χ3v) is 7.70. The van der Waals surface area contributed by atoms with Crippen molar-refractivity contribution in [2.24, 2.45) is 11.8 Å². The Labute approximate surface area is 191 Å². The number of nitrogens with zero attached hydrogens (tertiary/aromatic N) is 4. The molecule has 0 bridgehead atoms. The Morgan fingerprint density at radius 1 is 1.00 bits per heavy atom. The van der Waals surface area contributed by atoms with Gasteiger partial charge in [0, 0.05) is 23.2 Å². The van der Waals surface area contributed by atoms with Crippen molar-refractivity contribution >= 4 is 34.2 Å². The maximum absolute atomic E-state index is 13.9. The van der Waals surface area contributed by atoms with Gasteiger partial charge in [-0.2, -0.15) is 0 Å². The molecule has 2 aliphatic carbocycles. The van der Waals surface area contributed by atoms with Gasteiger partial charge in [0.05, 0.1) is 18.4 Å². The van der Waals surface area contributed by atoms with Gasteiger partial charge < -0.3 is 4.90 Å². The fourth-order valence-electron chi connectivity index (χ4n) is 5.62. The van der Waals surface area contributed by atoms with Crippen molar-refractivity contribution in [3.63, 3.8) is 0 Å². The quantitative estimate of drug-likeness (QED) is 0.438. The number of hydrogen-bond donors (Lipinski definition) is 0. The molecule has 7 nitrogen and oxygen atoms in total. The van der Waals surface area contributed by atoms with Crippen LogP contribution >= 0.6 is 0 Å². The molecule has 6 rings (SSSR count). The van der Waals surface area contributed by atoms with Gasteiger partial charge in [-0.3, -0.25) is 19.6 Å². The predicted molar refractivity (Wildman–Crippen MR) is 123 cm³/mol. The molecule has 0 radical (unpaired) electrons. The number of amides is 3. The van der Waals surface area contributed by atoms with E-state index in [1.54, 1.807) is 36.8 Å². The minimum atomic E-state index is -0.960. The van der Waals surface area contributed by atoms with Gasteiger partial charge in [0.15, 0.2) is 0 Å². The highest BCUT2D eigenvalue weighted by atomic mass is 16.2. The first-order valence-electron chi connectivity index (χ1n) is 11.5. The summed E-state index contributed by atoms with van der Waals surface area (Å²) in [5.74, 6) is 0.546. The summed E-state index contributed by atoms with van der Waals surface area (Å²) in [7, 11) is 0. The number of carbonyl (C=O) groups is 3. The molecule has 7 heteroatoms. The highest BCUT2D eigenvalue weighted by Crippen LogP contribution is 2.55. The van der Waals surface area contributed by atoms with Crippen molar-refractivity contribution in [2.45, 2.75) is 37.6 Å². The molecule has 1 spiro atoms. The average molecular weight is 441 g/mol. The number of urea groups is 1. The third-order valence-electron chi connectivity index (χ3n) is 7.70. The van der Waals surface area contributed by atoms with Crippen molar-refractivity contribution in [1.82, 2.24) is 14.9 Å². The second-order valence-corrected chi connectivity index (χ2v) is 9.42. The Hall–Kier alpha value is -3.61. The number of hydrogen-bond acceptors (Lipinski definition) is 5. The van der Waals surface area contributed by atoms with E-state index in [1.165, 1.54) is 29.1 Å². The van der Waals surface area contributed by atoms with Crippen LogP contribution in [0.3, 0.4) is 0 Å². The van der Waals surface area contributed by atoms with Gasteiger partial charge in [-0.1, -0.05) is 49.6 Å². The number of imide groups is 1. The minimum absolute atomic E-state index is 0.159. The molecule has 33 heavy (non-hydrogen) atoms. The van der Waals surface area contributed by atoms with E-state index >= 15 is 0 Å². The lowest BCUT2D eigenvalue weighted by atomic mass is 9.58. The highest BCUT2D eigenvalue weighted by molar-refractivity contribution is 6.26. The van der Waals surface area contributed by atoms with E-state index in [-0.39, 0.29) is 18.2 Å². The molecule has 3 heterocycles. The highest BCUT2D eigenvalue weighted by Gasteiger charge is 2.65. The number of benzene rings is 1. The fourth-order valence-corrected chi connectivity index (χ4v) is 5.62. The first kappa shape index (κ1) is 20.0. The van der Waals surface area contributed by atoms with Crippen LogP contribution in [0.1, 0.15) is 42.6 Å². The Morgan fingerprint density at radius 3 is 2.52 bits per heavy atom. The Kier molecular flexibility index (Phi) is 4.54. The number of Topliss-reactive ketones (excluding diaryl/α,β-unsaturated/α-hetero) is 1. The summed E-state index contributed by atoms with van der Waals surface area (Å²) in [4.78, 5) is 51.8. The Bertz CT molecular complexity index is 1260. The van der Waals surface area contributed by atoms with Crippen LogP contribution in [0.2, 0.25) is 0 Å². The van der Waals surface area contributed by atoms with Crippen LogP contribution in [0.4, 0.5) is 10.5 Å². The molecule has 166 valence electrons. The summed E-state index contributed by atoms with van der Waals surface area (Å²) in [6.45, 7) is -0.159. The zero-order chi connectivity index (χ0) is 22.6. The van der Waals surface area contributed by atoms with Gasteiger partial charge in [0.1, 0.15) is 11.2 Å². The van der Waals surface area contributed by atoms with Crippen LogP contribution in [0.25, 0.3) is 10.8 Å². The summed E-state index contributed by atoms with van der Waals surface area (Å²) >= 11 is 0. The molecule has 3 amide bonds. The van der Waals surface area contributed by atoms with Gasteiger partial charge in [-0.25, -0.2) is 9.69 Å². The lowest BCUT2D eigenvalue weighted by molar-refractivity contribution is -0.134. The molecule has 0 N–H and O–H groups in total. The van der Waals surface area contributed by atoms with E-state index in [1.807, 2.05) is 24.3 Å². The third kappa shape index (κ3) is 2.98. The zero-order valence-electron chi connectivity index (χ0n) is 18.2. The molecule has 3 fully saturated rings.